The molecule has 0 bridgehead atoms. The Hall–Kier alpha value is -2.94. The van der Waals surface area contributed by atoms with Gasteiger partial charge in [-0.2, -0.15) is 0 Å². The minimum absolute atomic E-state index is 0.254. The number of aromatic nitrogens is 3. The van der Waals surface area contributed by atoms with E-state index in [9.17, 15) is 13.2 Å². The fourth-order valence-electron chi connectivity index (χ4n) is 3.30. The number of nitrogens with one attached hydrogen (secondary N) is 1. The molecular weight excluding hydrogens is 404 g/mol. The fraction of sp³-hybridized carbons (Fsp3) is 0.381. The summed E-state index contributed by atoms with van der Waals surface area (Å²) in [6.07, 6.45) is 3.28. The molecule has 3 aromatic rings. The van der Waals surface area contributed by atoms with Crippen molar-refractivity contribution in [3.8, 4) is 5.69 Å². The van der Waals surface area contributed by atoms with Crippen LogP contribution < -0.4 is 4.72 Å². The van der Waals surface area contributed by atoms with E-state index in [2.05, 4.69) is 9.71 Å². The number of anilines is 1. The maximum absolute atomic E-state index is 12.0. The number of carbonyl (C=O) groups excluding carboxylic acids is 1. The third-order valence-corrected chi connectivity index (χ3v) is 5.49. The van der Waals surface area contributed by atoms with Crippen LogP contribution >= 0.6 is 0 Å². The van der Waals surface area contributed by atoms with E-state index >= 15 is 0 Å². The molecule has 1 unspecified atom stereocenters. The van der Waals surface area contributed by atoms with Gasteiger partial charge in [0, 0.05) is 17.7 Å². The van der Waals surface area contributed by atoms with Gasteiger partial charge in [-0.05, 0) is 38.5 Å². The Morgan fingerprint density at radius 1 is 1.23 bits per heavy atom. The first-order valence-corrected chi connectivity index (χ1v) is 11.7. The van der Waals surface area contributed by atoms with Crippen molar-refractivity contribution in [1.82, 2.24) is 14.5 Å². The first-order valence-electron chi connectivity index (χ1n) is 9.77. The monoisotopic (exact) mass is 430 g/mol. The van der Waals surface area contributed by atoms with Crippen LogP contribution in [0.3, 0.4) is 0 Å². The predicted molar refractivity (Wildman–Crippen MR) is 116 cm³/mol. The van der Waals surface area contributed by atoms with Crippen molar-refractivity contribution in [3.05, 3.63) is 47.4 Å². The molecule has 9 heteroatoms. The Morgan fingerprint density at radius 3 is 2.47 bits per heavy atom. The third kappa shape index (κ3) is 4.30. The first kappa shape index (κ1) is 21.8. The van der Waals surface area contributed by atoms with Gasteiger partial charge in [-0.15, -0.1) is 0 Å². The van der Waals surface area contributed by atoms with E-state index < -0.39 is 10.0 Å². The van der Waals surface area contributed by atoms with E-state index in [-0.39, 0.29) is 11.9 Å². The molecule has 3 rings (SSSR count). The zero-order valence-corrected chi connectivity index (χ0v) is 18.6. The minimum atomic E-state index is -3.42. The van der Waals surface area contributed by atoms with Gasteiger partial charge in [0.15, 0.2) is 5.65 Å². The van der Waals surface area contributed by atoms with E-state index in [1.165, 1.54) is 6.20 Å². The number of rotatable bonds is 7. The van der Waals surface area contributed by atoms with Crippen LogP contribution in [0.5, 0.6) is 0 Å². The molecule has 1 N–H and O–H groups in total. The fourth-order valence-corrected chi connectivity index (χ4v) is 3.91. The largest absolute Gasteiger partial charge is 0.466 e. The summed E-state index contributed by atoms with van der Waals surface area (Å²) in [6.45, 7) is 7.77. The van der Waals surface area contributed by atoms with Crippen molar-refractivity contribution in [2.45, 2.75) is 40.0 Å². The lowest BCUT2D eigenvalue weighted by molar-refractivity contribution is -0.144. The van der Waals surface area contributed by atoms with Crippen molar-refractivity contribution in [2.75, 3.05) is 17.6 Å². The number of hydrogen-bond donors (Lipinski definition) is 1. The number of pyridine rings is 1. The topological polar surface area (TPSA) is 103 Å². The van der Waals surface area contributed by atoms with Crippen LogP contribution in [-0.4, -0.2) is 41.8 Å². The average molecular weight is 431 g/mol. The summed E-state index contributed by atoms with van der Waals surface area (Å²) in [7, 11) is -3.42. The Labute approximate surface area is 176 Å². The second-order valence-corrected chi connectivity index (χ2v) is 8.87. The highest BCUT2D eigenvalue weighted by molar-refractivity contribution is 7.92. The van der Waals surface area contributed by atoms with E-state index in [1.54, 1.807) is 6.92 Å². The summed E-state index contributed by atoms with van der Waals surface area (Å²) in [5, 5.41) is 0. The van der Waals surface area contributed by atoms with Gasteiger partial charge in [0.2, 0.25) is 10.0 Å². The zero-order chi connectivity index (χ0) is 22.1. The van der Waals surface area contributed by atoms with Gasteiger partial charge in [0.05, 0.1) is 30.7 Å². The minimum Gasteiger partial charge on any atom is -0.466 e. The first-order chi connectivity index (χ1) is 14.2. The molecule has 8 nitrogen and oxygen atoms in total. The van der Waals surface area contributed by atoms with Gasteiger partial charge in [0.1, 0.15) is 11.3 Å². The molecule has 0 aliphatic rings. The van der Waals surface area contributed by atoms with E-state index in [1.807, 2.05) is 49.6 Å². The molecule has 0 radical (unpaired) electrons. The summed E-state index contributed by atoms with van der Waals surface area (Å²) in [6, 6.07) is 7.64. The molecule has 0 aliphatic carbocycles. The van der Waals surface area contributed by atoms with E-state index in [0.717, 1.165) is 23.3 Å². The van der Waals surface area contributed by atoms with Crippen LogP contribution in [0.1, 0.15) is 43.6 Å². The maximum Gasteiger partial charge on any atom is 0.313 e. The number of benzene rings is 1. The molecule has 1 atom stereocenters. The number of ether oxygens (including phenoxy) is 1. The Morgan fingerprint density at radius 2 is 1.90 bits per heavy atom. The molecular formula is C21H26N4O4S. The van der Waals surface area contributed by atoms with Crippen molar-refractivity contribution in [1.29, 1.82) is 0 Å². The molecule has 2 heterocycles. The SMILES string of the molecule is CCOC(=O)C(C)c1ccc(-n2c(CC)nc3c(C)c(NS(C)(=O)=O)cnc32)cc1. The normalized spacial score (nSPS) is 12.7. The van der Waals surface area contributed by atoms with Gasteiger partial charge in [-0.3, -0.25) is 14.1 Å². The maximum atomic E-state index is 12.0. The highest BCUT2D eigenvalue weighted by atomic mass is 32.2. The van der Waals surface area contributed by atoms with Crippen LogP contribution in [0, 0.1) is 6.92 Å². The zero-order valence-electron chi connectivity index (χ0n) is 17.8. The molecule has 0 fully saturated rings. The number of hydrogen-bond acceptors (Lipinski definition) is 6. The Bertz CT molecular complexity index is 1180. The number of aryl methyl sites for hydroxylation is 2. The number of fused-ring (bicyclic) bond motifs is 1. The highest BCUT2D eigenvalue weighted by Crippen LogP contribution is 2.28. The molecule has 0 saturated heterocycles. The quantitative estimate of drug-likeness (QED) is 0.577. The van der Waals surface area contributed by atoms with Crippen molar-refractivity contribution >= 4 is 32.8 Å². The molecule has 2 aromatic heterocycles. The van der Waals surface area contributed by atoms with Gasteiger partial charge >= 0.3 is 5.97 Å². The van der Waals surface area contributed by atoms with Gasteiger partial charge in [-0.1, -0.05) is 19.1 Å². The number of esters is 1. The second kappa shape index (κ2) is 8.43. The molecule has 0 aliphatic heterocycles. The lowest BCUT2D eigenvalue weighted by Gasteiger charge is -2.13. The van der Waals surface area contributed by atoms with Crippen LogP contribution in [0.4, 0.5) is 5.69 Å². The molecule has 0 saturated carbocycles. The number of nitrogens with zero attached hydrogens (tertiary/aromatic N) is 3. The van der Waals surface area contributed by atoms with Gasteiger partial charge in [0.25, 0.3) is 0 Å². The summed E-state index contributed by atoms with van der Waals surface area (Å²) in [5.41, 5.74) is 4.15. The lowest BCUT2D eigenvalue weighted by atomic mass is 10.0. The van der Waals surface area contributed by atoms with Crippen molar-refractivity contribution in [3.63, 3.8) is 0 Å². The summed E-state index contributed by atoms with van der Waals surface area (Å²) >= 11 is 0. The summed E-state index contributed by atoms with van der Waals surface area (Å²) < 4.78 is 32.8. The second-order valence-electron chi connectivity index (χ2n) is 7.13. The van der Waals surface area contributed by atoms with Gasteiger partial charge < -0.3 is 4.74 Å². The average Bonchev–Trinajstić information content (AvgIpc) is 3.08. The molecule has 30 heavy (non-hydrogen) atoms. The predicted octanol–water partition coefficient (Wildman–Crippen LogP) is 3.33. The van der Waals surface area contributed by atoms with Crippen LogP contribution in [-0.2, 0) is 26.0 Å². The van der Waals surface area contributed by atoms with E-state index in [4.69, 9.17) is 9.72 Å². The van der Waals surface area contributed by atoms with Crippen LogP contribution in [0.25, 0.3) is 16.9 Å². The van der Waals surface area contributed by atoms with Gasteiger partial charge in [-0.25, -0.2) is 18.4 Å². The molecule has 0 spiro atoms. The van der Waals surface area contributed by atoms with E-state index in [0.29, 0.717) is 35.4 Å². The highest BCUT2D eigenvalue weighted by Gasteiger charge is 2.19. The van der Waals surface area contributed by atoms with Crippen LogP contribution in [0.2, 0.25) is 0 Å². The smallest absolute Gasteiger partial charge is 0.313 e. The summed E-state index contributed by atoms with van der Waals surface area (Å²) in [4.78, 5) is 21.2. The van der Waals surface area contributed by atoms with Crippen LogP contribution in [0.15, 0.2) is 30.5 Å². The number of sulfonamides is 1. The van der Waals surface area contributed by atoms with Crippen molar-refractivity contribution in [2.24, 2.45) is 0 Å². The standard InChI is InChI=1S/C21H26N4O4S/c1-6-18-23-19-14(4)17(24-30(5,27)28)12-22-20(19)25(18)16-10-8-15(9-11-16)13(3)21(26)29-7-2/h8-13,24H,6-7H2,1-5H3. The lowest BCUT2D eigenvalue weighted by Crippen LogP contribution is -2.13. The number of imidazole rings is 1. The Kier molecular flexibility index (Phi) is 6.12. The molecule has 1 aromatic carbocycles. The molecule has 160 valence electrons. The Balaban J connectivity index is 2.05. The third-order valence-electron chi connectivity index (χ3n) is 4.90. The number of carbonyl (C=O) groups is 1. The van der Waals surface area contributed by atoms with Crippen molar-refractivity contribution < 1.29 is 17.9 Å². The molecule has 0 amide bonds. The summed E-state index contributed by atoms with van der Waals surface area (Å²) in [5.74, 6) is 0.202.